The van der Waals surface area contributed by atoms with Crippen LogP contribution in [0.4, 0.5) is 0 Å². The van der Waals surface area contributed by atoms with Crippen molar-refractivity contribution >= 4 is 5.91 Å². The summed E-state index contributed by atoms with van der Waals surface area (Å²) >= 11 is 0. The molecule has 0 aliphatic rings. The topological polar surface area (TPSA) is 69.7 Å². The fourth-order valence-electron chi connectivity index (χ4n) is 2.22. The molecule has 24 heavy (non-hydrogen) atoms. The first-order chi connectivity index (χ1) is 11.7. The normalized spacial score (nSPS) is 10.1. The number of pyridine rings is 1. The van der Waals surface area contributed by atoms with Crippen molar-refractivity contribution < 1.29 is 19.0 Å². The maximum atomic E-state index is 12.0. The molecule has 1 N–H and O–H groups in total. The van der Waals surface area contributed by atoms with E-state index in [1.54, 1.807) is 33.6 Å². The lowest BCUT2D eigenvalue weighted by Gasteiger charge is -2.10. The standard InChI is InChI=1S/C18H22N2O4/c1-22-15-7-4-13(10-16(15)23-2)5-8-17(21)19-11-14-6-9-18(24-3)20-12-14/h4,6-7,9-10,12H,5,8,11H2,1-3H3,(H,19,21). The van der Waals surface area contributed by atoms with E-state index >= 15 is 0 Å². The quantitative estimate of drug-likeness (QED) is 0.804. The van der Waals surface area contributed by atoms with Gasteiger partial charge in [0.05, 0.1) is 21.3 Å². The molecule has 6 heteroatoms. The van der Waals surface area contributed by atoms with Crippen molar-refractivity contribution in [3.05, 3.63) is 47.7 Å². The minimum absolute atomic E-state index is 0.0133. The van der Waals surface area contributed by atoms with Crippen molar-refractivity contribution in [3.8, 4) is 17.4 Å². The van der Waals surface area contributed by atoms with Crippen molar-refractivity contribution in [2.45, 2.75) is 19.4 Å². The number of hydrogen-bond donors (Lipinski definition) is 1. The minimum Gasteiger partial charge on any atom is -0.493 e. The number of aromatic nitrogens is 1. The third-order valence-electron chi connectivity index (χ3n) is 3.59. The number of carbonyl (C=O) groups excluding carboxylic acids is 1. The van der Waals surface area contributed by atoms with Gasteiger partial charge in [-0.15, -0.1) is 0 Å². The first kappa shape index (κ1) is 17.6. The Morgan fingerprint density at radius 2 is 1.75 bits per heavy atom. The Morgan fingerprint density at radius 3 is 2.38 bits per heavy atom. The molecule has 0 bridgehead atoms. The Bertz CT molecular complexity index is 671. The van der Waals surface area contributed by atoms with Crippen LogP contribution in [0.15, 0.2) is 36.5 Å². The number of carbonyl (C=O) groups is 1. The van der Waals surface area contributed by atoms with Gasteiger partial charge in [-0.1, -0.05) is 12.1 Å². The molecule has 2 rings (SSSR count). The first-order valence-corrected chi connectivity index (χ1v) is 7.62. The maximum Gasteiger partial charge on any atom is 0.220 e. The van der Waals surface area contributed by atoms with Gasteiger partial charge >= 0.3 is 0 Å². The number of benzene rings is 1. The molecule has 2 aromatic rings. The van der Waals surface area contributed by atoms with Crippen LogP contribution in [0.3, 0.4) is 0 Å². The van der Waals surface area contributed by atoms with Gasteiger partial charge in [-0.2, -0.15) is 0 Å². The zero-order valence-corrected chi connectivity index (χ0v) is 14.2. The van der Waals surface area contributed by atoms with E-state index in [1.165, 1.54) is 0 Å². The lowest BCUT2D eigenvalue weighted by Crippen LogP contribution is -2.23. The van der Waals surface area contributed by atoms with Gasteiger partial charge in [0, 0.05) is 25.2 Å². The van der Waals surface area contributed by atoms with Crippen molar-refractivity contribution in [3.63, 3.8) is 0 Å². The smallest absolute Gasteiger partial charge is 0.220 e. The molecule has 0 spiro atoms. The predicted molar refractivity (Wildman–Crippen MR) is 90.5 cm³/mol. The molecule has 0 aliphatic heterocycles. The van der Waals surface area contributed by atoms with Crippen molar-refractivity contribution in [2.75, 3.05) is 21.3 Å². The fourth-order valence-corrected chi connectivity index (χ4v) is 2.22. The molecular weight excluding hydrogens is 308 g/mol. The van der Waals surface area contributed by atoms with E-state index in [9.17, 15) is 4.79 Å². The molecular formula is C18H22N2O4. The number of aryl methyl sites for hydroxylation is 1. The molecule has 1 aromatic carbocycles. The number of rotatable bonds is 8. The second kappa shape index (κ2) is 8.76. The van der Waals surface area contributed by atoms with Crippen molar-refractivity contribution in [2.24, 2.45) is 0 Å². The summed E-state index contributed by atoms with van der Waals surface area (Å²) in [6.07, 6.45) is 2.72. The third-order valence-corrected chi connectivity index (χ3v) is 3.59. The van der Waals surface area contributed by atoms with Crippen LogP contribution in [0.25, 0.3) is 0 Å². The Morgan fingerprint density at radius 1 is 1.00 bits per heavy atom. The van der Waals surface area contributed by atoms with Crippen molar-refractivity contribution in [1.29, 1.82) is 0 Å². The minimum atomic E-state index is -0.0133. The van der Waals surface area contributed by atoms with E-state index in [4.69, 9.17) is 14.2 Å². The third kappa shape index (κ3) is 4.87. The monoisotopic (exact) mass is 330 g/mol. The van der Waals surface area contributed by atoms with Gasteiger partial charge in [-0.25, -0.2) is 4.98 Å². The summed E-state index contributed by atoms with van der Waals surface area (Å²) in [6.45, 7) is 0.446. The van der Waals surface area contributed by atoms with Crippen LogP contribution >= 0.6 is 0 Å². The average molecular weight is 330 g/mol. The number of nitrogens with zero attached hydrogens (tertiary/aromatic N) is 1. The molecule has 6 nitrogen and oxygen atoms in total. The maximum absolute atomic E-state index is 12.0. The summed E-state index contributed by atoms with van der Waals surface area (Å²) in [7, 11) is 4.76. The van der Waals surface area contributed by atoms with Crippen LogP contribution in [0.2, 0.25) is 0 Å². The molecule has 0 unspecified atom stereocenters. The van der Waals surface area contributed by atoms with Crippen LogP contribution < -0.4 is 19.5 Å². The SMILES string of the molecule is COc1ccc(CNC(=O)CCc2ccc(OC)c(OC)c2)cn1. The predicted octanol–water partition coefficient (Wildman–Crippen LogP) is 2.36. The molecule has 0 aliphatic carbocycles. The molecule has 0 saturated heterocycles. The summed E-state index contributed by atoms with van der Waals surface area (Å²) in [6, 6.07) is 9.31. The van der Waals surface area contributed by atoms with Gasteiger partial charge < -0.3 is 19.5 Å². The number of hydrogen-bond acceptors (Lipinski definition) is 5. The number of ether oxygens (including phenoxy) is 3. The second-order valence-electron chi connectivity index (χ2n) is 5.17. The number of nitrogens with one attached hydrogen (secondary N) is 1. The fraction of sp³-hybridized carbons (Fsp3) is 0.333. The van der Waals surface area contributed by atoms with Crippen LogP contribution in [0.1, 0.15) is 17.5 Å². The van der Waals surface area contributed by atoms with E-state index in [-0.39, 0.29) is 5.91 Å². The van der Waals surface area contributed by atoms with Crippen LogP contribution in [-0.2, 0) is 17.8 Å². The molecule has 1 heterocycles. The first-order valence-electron chi connectivity index (χ1n) is 7.62. The number of methoxy groups -OCH3 is 3. The highest BCUT2D eigenvalue weighted by molar-refractivity contribution is 5.76. The highest BCUT2D eigenvalue weighted by atomic mass is 16.5. The van der Waals surface area contributed by atoms with Crippen LogP contribution in [-0.4, -0.2) is 32.2 Å². The second-order valence-corrected chi connectivity index (χ2v) is 5.17. The van der Waals surface area contributed by atoms with Crippen LogP contribution in [0.5, 0.6) is 17.4 Å². The highest BCUT2D eigenvalue weighted by Crippen LogP contribution is 2.27. The van der Waals surface area contributed by atoms with E-state index in [0.29, 0.717) is 36.8 Å². The molecule has 128 valence electrons. The zero-order valence-electron chi connectivity index (χ0n) is 14.2. The summed E-state index contributed by atoms with van der Waals surface area (Å²) in [4.78, 5) is 16.1. The van der Waals surface area contributed by atoms with Gasteiger partial charge in [0.2, 0.25) is 11.8 Å². The van der Waals surface area contributed by atoms with Gasteiger partial charge in [-0.05, 0) is 29.7 Å². The van der Waals surface area contributed by atoms with E-state index in [2.05, 4.69) is 10.3 Å². The molecule has 0 saturated carbocycles. The van der Waals surface area contributed by atoms with Gasteiger partial charge in [0.1, 0.15) is 0 Å². The lowest BCUT2D eigenvalue weighted by atomic mass is 10.1. The summed E-state index contributed by atoms with van der Waals surface area (Å²) in [5.74, 6) is 1.89. The summed E-state index contributed by atoms with van der Waals surface area (Å²) in [5.41, 5.74) is 1.95. The van der Waals surface area contributed by atoms with Gasteiger partial charge in [-0.3, -0.25) is 4.79 Å². The van der Waals surface area contributed by atoms with Crippen LogP contribution in [0, 0.1) is 0 Å². The molecule has 0 radical (unpaired) electrons. The largest absolute Gasteiger partial charge is 0.493 e. The van der Waals surface area contributed by atoms with E-state index in [1.807, 2.05) is 24.3 Å². The van der Waals surface area contributed by atoms with E-state index in [0.717, 1.165) is 11.1 Å². The molecule has 1 amide bonds. The molecule has 1 aromatic heterocycles. The van der Waals surface area contributed by atoms with Gasteiger partial charge in [0.15, 0.2) is 11.5 Å². The average Bonchev–Trinajstić information content (AvgIpc) is 2.64. The molecule has 0 atom stereocenters. The Labute approximate surface area is 141 Å². The zero-order chi connectivity index (χ0) is 17.4. The van der Waals surface area contributed by atoms with Crippen molar-refractivity contribution in [1.82, 2.24) is 10.3 Å². The summed E-state index contributed by atoms with van der Waals surface area (Å²) < 4.78 is 15.5. The Balaban J connectivity index is 1.82. The highest BCUT2D eigenvalue weighted by Gasteiger charge is 2.07. The van der Waals surface area contributed by atoms with Gasteiger partial charge in [0.25, 0.3) is 0 Å². The summed E-state index contributed by atoms with van der Waals surface area (Å²) in [5, 5.41) is 2.88. The van der Waals surface area contributed by atoms with E-state index < -0.39 is 0 Å². The lowest BCUT2D eigenvalue weighted by molar-refractivity contribution is -0.121. The number of amides is 1. The Hall–Kier alpha value is -2.76. The molecule has 0 fully saturated rings. The Kier molecular flexibility index (Phi) is 6.42.